The number of carbonyl (C=O) groups is 1. The Morgan fingerprint density at radius 2 is 1.60 bits per heavy atom. The van der Waals surface area contributed by atoms with Crippen LogP contribution in [0.4, 0.5) is 13.6 Å². The van der Waals surface area contributed by atoms with Crippen LogP contribution in [0.3, 0.4) is 0 Å². The fraction of sp³-hybridized carbons (Fsp3) is 0.552. The Morgan fingerprint density at radius 1 is 0.900 bits per heavy atom. The summed E-state index contributed by atoms with van der Waals surface area (Å²) in [7, 11) is -4.17. The number of hydrogen-bond donors (Lipinski definition) is 0. The molecule has 1 aliphatic carbocycles. The Bertz CT molecular complexity index is 1280. The summed E-state index contributed by atoms with van der Waals surface area (Å²) < 4.78 is 63.8. The van der Waals surface area contributed by atoms with Gasteiger partial charge in [0.1, 0.15) is 18.2 Å². The van der Waals surface area contributed by atoms with Gasteiger partial charge in [0.15, 0.2) is 0 Å². The van der Waals surface area contributed by atoms with E-state index in [0.717, 1.165) is 31.3 Å². The molecule has 2 atom stereocenters. The number of piperazine rings is 1. The first-order valence-electron chi connectivity index (χ1n) is 14.1. The van der Waals surface area contributed by atoms with Gasteiger partial charge in [-0.1, -0.05) is 30.9 Å². The summed E-state index contributed by atoms with van der Waals surface area (Å²) in [5, 5.41) is 0.374. The standard InChI is InChI=1S/C29H36ClF2N3O4S/c30-21-9-12-25(13-10-21)40(37,38)35-24(7-4-8-28(35)26-19-22(31)11-14-27(26)32)20-39-29(36)34-17-15-33(16-18-34)23-5-2-1-3-6-23/h9-14,19,23-24,28H,1-8,15-18,20H2/t24-,28+/m1/s1. The maximum Gasteiger partial charge on any atom is 0.409 e. The van der Waals surface area contributed by atoms with Crippen LogP contribution in [0.25, 0.3) is 0 Å². The van der Waals surface area contributed by atoms with Gasteiger partial charge in [0.25, 0.3) is 0 Å². The minimum Gasteiger partial charge on any atom is -0.448 e. The molecule has 7 nitrogen and oxygen atoms in total. The lowest BCUT2D eigenvalue weighted by molar-refractivity contribution is 0.0379. The average molecular weight is 596 g/mol. The molecule has 0 N–H and O–H groups in total. The van der Waals surface area contributed by atoms with Gasteiger partial charge in [-0.15, -0.1) is 0 Å². The van der Waals surface area contributed by atoms with Crippen molar-refractivity contribution in [3.05, 3.63) is 64.7 Å². The Hall–Kier alpha value is -2.27. The van der Waals surface area contributed by atoms with Gasteiger partial charge in [-0.2, -0.15) is 4.31 Å². The topological polar surface area (TPSA) is 70.2 Å². The van der Waals surface area contributed by atoms with E-state index in [1.807, 2.05) is 0 Å². The number of amides is 1. The highest BCUT2D eigenvalue weighted by atomic mass is 35.5. The minimum atomic E-state index is -4.17. The number of benzene rings is 2. The molecule has 5 rings (SSSR count). The molecule has 2 heterocycles. The van der Waals surface area contributed by atoms with Gasteiger partial charge in [0.2, 0.25) is 10.0 Å². The largest absolute Gasteiger partial charge is 0.448 e. The second-order valence-corrected chi connectivity index (χ2v) is 13.2. The van der Waals surface area contributed by atoms with Gasteiger partial charge >= 0.3 is 6.09 Å². The predicted octanol–water partition coefficient (Wildman–Crippen LogP) is 5.99. The average Bonchev–Trinajstić information content (AvgIpc) is 2.97. The Kier molecular flexibility index (Phi) is 9.29. The van der Waals surface area contributed by atoms with Crippen molar-refractivity contribution in [2.24, 2.45) is 0 Å². The number of piperidine rings is 1. The van der Waals surface area contributed by atoms with E-state index >= 15 is 0 Å². The summed E-state index contributed by atoms with van der Waals surface area (Å²) in [5.74, 6) is -1.34. The van der Waals surface area contributed by atoms with E-state index in [1.54, 1.807) is 4.90 Å². The third-order valence-electron chi connectivity index (χ3n) is 8.45. The van der Waals surface area contributed by atoms with E-state index in [9.17, 15) is 22.0 Å². The summed E-state index contributed by atoms with van der Waals surface area (Å²) in [4.78, 5) is 17.1. The van der Waals surface area contributed by atoms with Crippen molar-refractivity contribution in [2.45, 2.75) is 74.4 Å². The lowest BCUT2D eigenvalue weighted by Crippen LogP contribution is -2.53. The van der Waals surface area contributed by atoms with Crippen LogP contribution in [-0.2, 0) is 14.8 Å². The van der Waals surface area contributed by atoms with E-state index in [1.165, 1.54) is 60.7 Å². The maximum absolute atomic E-state index is 14.9. The molecule has 218 valence electrons. The number of ether oxygens (including phenoxy) is 1. The molecule has 0 radical (unpaired) electrons. The molecule has 3 fully saturated rings. The van der Waals surface area contributed by atoms with Gasteiger partial charge in [-0.05, 0) is 74.6 Å². The Labute approximate surface area is 240 Å². The normalized spacial score (nSPS) is 23.7. The molecule has 2 saturated heterocycles. The predicted molar refractivity (Wildman–Crippen MR) is 149 cm³/mol. The molecule has 2 aliphatic heterocycles. The lowest BCUT2D eigenvalue weighted by Gasteiger charge is -2.42. The number of nitrogens with zero attached hydrogens (tertiary/aromatic N) is 3. The van der Waals surface area contributed by atoms with Gasteiger partial charge in [-0.3, -0.25) is 4.90 Å². The summed E-state index contributed by atoms with van der Waals surface area (Å²) in [6, 6.07) is 7.67. The van der Waals surface area contributed by atoms with Crippen LogP contribution in [0.2, 0.25) is 5.02 Å². The SMILES string of the molecule is O=C(OC[C@H]1CCC[C@@H](c2cc(F)ccc2F)N1S(=O)(=O)c1ccc(Cl)cc1)N1CCN(C2CCCCC2)CC1. The van der Waals surface area contributed by atoms with E-state index < -0.39 is 39.8 Å². The molecular formula is C29H36ClF2N3O4S. The summed E-state index contributed by atoms with van der Waals surface area (Å²) in [6.45, 7) is 2.53. The van der Waals surface area contributed by atoms with Crippen LogP contribution in [0.15, 0.2) is 47.4 Å². The zero-order valence-corrected chi connectivity index (χ0v) is 24.1. The molecule has 0 bridgehead atoms. The van der Waals surface area contributed by atoms with Gasteiger partial charge in [0, 0.05) is 42.8 Å². The van der Waals surface area contributed by atoms with Crippen molar-refractivity contribution < 1.29 is 26.7 Å². The molecule has 2 aromatic carbocycles. The third kappa shape index (κ3) is 6.45. The molecule has 11 heteroatoms. The van der Waals surface area contributed by atoms with Crippen molar-refractivity contribution in [3.63, 3.8) is 0 Å². The highest BCUT2D eigenvalue weighted by Crippen LogP contribution is 2.40. The zero-order valence-electron chi connectivity index (χ0n) is 22.5. The molecule has 40 heavy (non-hydrogen) atoms. The van der Waals surface area contributed by atoms with Crippen LogP contribution in [0, 0.1) is 11.6 Å². The molecule has 1 amide bonds. The van der Waals surface area contributed by atoms with Crippen molar-refractivity contribution in [1.29, 1.82) is 0 Å². The Balaban J connectivity index is 1.32. The minimum absolute atomic E-state index is 0.0178. The van der Waals surface area contributed by atoms with E-state index in [2.05, 4.69) is 4.90 Å². The van der Waals surface area contributed by atoms with E-state index in [0.29, 0.717) is 43.4 Å². The molecule has 0 aromatic heterocycles. The summed E-state index contributed by atoms with van der Waals surface area (Å²) in [5.41, 5.74) is -0.0348. The van der Waals surface area contributed by atoms with Gasteiger partial charge < -0.3 is 9.64 Å². The van der Waals surface area contributed by atoms with E-state index in [4.69, 9.17) is 16.3 Å². The van der Waals surface area contributed by atoms with Crippen LogP contribution < -0.4 is 0 Å². The second kappa shape index (κ2) is 12.7. The van der Waals surface area contributed by atoms with Crippen LogP contribution >= 0.6 is 11.6 Å². The first kappa shape index (κ1) is 29.2. The first-order valence-corrected chi connectivity index (χ1v) is 16.0. The second-order valence-electron chi connectivity index (χ2n) is 10.9. The lowest BCUT2D eigenvalue weighted by atomic mass is 9.93. The van der Waals surface area contributed by atoms with Crippen LogP contribution in [-0.4, -0.2) is 73.5 Å². The number of hydrogen-bond acceptors (Lipinski definition) is 5. The third-order valence-corrected chi connectivity index (χ3v) is 10.7. The molecule has 2 aromatic rings. The molecular weight excluding hydrogens is 560 g/mol. The number of rotatable bonds is 6. The first-order chi connectivity index (χ1) is 19.2. The number of halogens is 3. The fourth-order valence-electron chi connectivity index (χ4n) is 6.34. The highest BCUT2D eigenvalue weighted by Gasteiger charge is 2.42. The van der Waals surface area contributed by atoms with Crippen molar-refractivity contribution in [1.82, 2.24) is 14.1 Å². The smallest absolute Gasteiger partial charge is 0.409 e. The van der Waals surface area contributed by atoms with Crippen LogP contribution in [0.5, 0.6) is 0 Å². The summed E-state index contributed by atoms with van der Waals surface area (Å²) >= 11 is 5.99. The van der Waals surface area contributed by atoms with Gasteiger partial charge in [0.05, 0.1) is 17.0 Å². The summed E-state index contributed by atoms with van der Waals surface area (Å²) in [6.07, 6.45) is 7.02. The quantitative estimate of drug-likeness (QED) is 0.410. The van der Waals surface area contributed by atoms with Crippen molar-refractivity contribution in [2.75, 3.05) is 32.8 Å². The zero-order chi connectivity index (χ0) is 28.3. The van der Waals surface area contributed by atoms with Crippen LogP contribution in [0.1, 0.15) is 63.0 Å². The van der Waals surface area contributed by atoms with Crippen molar-refractivity contribution >= 4 is 27.7 Å². The van der Waals surface area contributed by atoms with E-state index in [-0.39, 0.29) is 17.1 Å². The van der Waals surface area contributed by atoms with Crippen molar-refractivity contribution in [3.8, 4) is 0 Å². The van der Waals surface area contributed by atoms with Gasteiger partial charge in [-0.25, -0.2) is 22.0 Å². The molecule has 3 aliphatic rings. The molecule has 0 spiro atoms. The number of carbonyl (C=O) groups excluding carboxylic acids is 1. The maximum atomic E-state index is 14.9. The monoisotopic (exact) mass is 595 g/mol. The highest BCUT2D eigenvalue weighted by molar-refractivity contribution is 7.89. The number of sulfonamides is 1. The Morgan fingerprint density at radius 3 is 2.30 bits per heavy atom. The molecule has 1 saturated carbocycles. The molecule has 0 unspecified atom stereocenters. The fourth-order valence-corrected chi connectivity index (χ4v) is 8.30.